The second-order valence-electron chi connectivity index (χ2n) is 3.68. The lowest BCUT2D eigenvalue weighted by molar-refractivity contribution is 0.326. The first kappa shape index (κ1) is 14.1. The highest BCUT2D eigenvalue weighted by molar-refractivity contribution is 7.99. The second-order valence-corrected chi connectivity index (χ2v) is 5.08. The van der Waals surface area contributed by atoms with Gasteiger partial charge in [-0.3, -0.25) is 0 Å². The largest absolute Gasteiger partial charge is 0.478 e. The Labute approximate surface area is 108 Å². The summed E-state index contributed by atoms with van der Waals surface area (Å²) in [5.41, 5.74) is 0. The molecule has 5 heteroatoms. The zero-order valence-corrected chi connectivity index (χ0v) is 11.6. The average molecular weight is 255 g/mol. The molecule has 1 unspecified atom stereocenters. The van der Waals surface area contributed by atoms with Gasteiger partial charge in [0.25, 0.3) is 0 Å². The number of nitrogens with one attached hydrogen (secondary N) is 1. The van der Waals surface area contributed by atoms with Gasteiger partial charge in [0, 0.05) is 18.3 Å². The molecule has 1 atom stereocenters. The monoisotopic (exact) mass is 255 g/mol. The van der Waals surface area contributed by atoms with Crippen LogP contribution in [0.2, 0.25) is 0 Å². The van der Waals surface area contributed by atoms with Crippen LogP contribution < -0.4 is 10.1 Å². The molecule has 0 bridgehead atoms. The molecule has 0 spiro atoms. The Kier molecular flexibility index (Phi) is 6.77. The van der Waals surface area contributed by atoms with Gasteiger partial charge in [0.15, 0.2) is 0 Å². The Morgan fingerprint density at radius 3 is 3.00 bits per heavy atom. The molecular formula is C12H21N3OS. The van der Waals surface area contributed by atoms with Crippen LogP contribution >= 0.6 is 11.8 Å². The maximum Gasteiger partial charge on any atom is 0.226 e. The summed E-state index contributed by atoms with van der Waals surface area (Å²) < 4.78 is 5.33. The van der Waals surface area contributed by atoms with Crippen LogP contribution in [0, 0.1) is 0 Å². The Balaban J connectivity index is 2.41. The number of ether oxygens (including phenoxy) is 1. The van der Waals surface area contributed by atoms with E-state index in [1.807, 2.05) is 18.7 Å². The normalized spacial score (nSPS) is 12.2. The molecule has 17 heavy (non-hydrogen) atoms. The summed E-state index contributed by atoms with van der Waals surface area (Å²) in [6.07, 6.45) is 2.83. The van der Waals surface area contributed by atoms with Crippen LogP contribution in [0.5, 0.6) is 5.88 Å². The molecule has 4 nitrogen and oxygen atoms in total. The standard InChI is InChI=1S/C12H21N3OS/c1-4-16-11-6-8-13-12(15-11)14-10(3)7-9-17-5-2/h6,8,10H,4-5,7,9H2,1-3H3,(H,13,14,15). The molecule has 0 radical (unpaired) electrons. The molecule has 0 aromatic carbocycles. The minimum absolute atomic E-state index is 0.380. The molecule has 0 aliphatic heterocycles. The number of hydrogen-bond acceptors (Lipinski definition) is 5. The van der Waals surface area contributed by atoms with Crippen molar-refractivity contribution in [2.75, 3.05) is 23.4 Å². The summed E-state index contributed by atoms with van der Waals surface area (Å²) in [5.74, 6) is 3.60. The molecular weight excluding hydrogens is 234 g/mol. The van der Waals surface area contributed by atoms with Crippen molar-refractivity contribution in [3.05, 3.63) is 12.3 Å². The topological polar surface area (TPSA) is 47.0 Å². The van der Waals surface area contributed by atoms with Crippen LogP contribution in [0.1, 0.15) is 27.2 Å². The highest BCUT2D eigenvalue weighted by atomic mass is 32.2. The number of aromatic nitrogens is 2. The van der Waals surface area contributed by atoms with E-state index in [1.54, 1.807) is 12.3 Å². The van der Waals surface area contributed by atoms with E-state index in [-0.39, 0.29) is 0 Å². The van der Waals surface area contributed by atoms with Crippen LogP contribution in [-0.2, 0) is 0 Å². The Morgan fingerprint density at radius 1 is 1.47 bits per heavy atom. The molecule has 1 rings (SSSR count). The highest BCUT2D eigenvalue weighted by Crippen LogP contribution is 2.11. The highest BCUT2D eigenvalue weighted by Gasteiger charge is 2.05. The van der Waals surface area contributed by atoms with E-state index in [1.165, 1.54) is 5.75 Å². The first-order valence-electron chi connectivity index (χ1n) is 6.06. The lowest BCUT2D eigenvalue weighted by Crippen LogP contribution is -2.18. The Hall–Kier alpha value is -0.970. The van der Waals surface area contributed by atoms with Gasteiger partial charge in [-0.2, -0.15) is 16.7 Å². The second kappa shape index (κ2) is 8.17. The van der Waals surface area contributed by atoms with Crippen LogP contribution in [0.15, 0.2) is 12.3 Å². The number of anilines is 1. The fourth-order valence-electron chi connectivity index (χ4n) is 1.34. The van der Waals surface area contributed by atoms with Gasteiger partial charge in [-0.05, 0) is 31.8 Å². The van der Waals surface area contributed by atoms with Gasteiger partial charge in [-0.1, -0.05) is 6.92 Å². The number of rotatable bonds is 8. The summed E-state index contributed by atoms with van der Waals surface area (Å²) in [6, 6.07) is 2.15. The Bertz CT molecular complexity index is 322. The van der Waals surface area contributed by atoms with Crippen molar-refractivity contribution in [2.24, 2.45) is 0 Å². The summed E-state index contributed by atoms with van der Waals surface area (Å²) >= 11 is 1.95. The summed E-state index contributed by atoms with van der Waals surface area (Å²) in [7, 11) is 0. The molecule has 1 aromatic heterocycles. The molecule has 0 aliphatic carbocycles. The van der Waals surface area contributed by atoms with Crippen molar-refractivity contribution in [2.45, 2.75) is 33.2 Å². The molecule has 0 aliphatic rings. The lowest BCUT2D eigenvalue weighted by Gasteiger charge is -2.13. The average Bonchev–Trinajstić information content (AvgIpc) is 2.30. The fourth-order valence-corrected chi connectivity index (χ4v) is 2.15. The van der Waals surface area contributed by atoms with Crippen LogP contribution in [0.25, 0.3) is 0 Å². The molecule has 0 saturated heterocycles. The molecule has 1 aromatic rings. The van der Waals surface area contributed by atoms with Gasteiger partial charge in [0.05, 0.1) is 6.61 Å². The van der Waals surface area contributed by atoms with Gasteiger partial charge in [0.1, 0.15) is 0 Å². The molecule has 1 N–H and O–H groups in total. The Morgan fingerprint density at radius 2 is 2.29 bits per heavy atom. The van der Waals surface area contributed by atoms with Crippen LogP contribution in [0.3, 0.4) is 0 Å². The maximum absolute atomic E-state index is 5.33. The smallest absolute Gasteiger partial charge is 0.226 e. The van der Waals surface area contributed by atoms with Crippen LogP contribution in [0.4, 0.5) is 5.95 Å². The van der Waals surface area contributed by atoms with Crippen molar-refractivity contribution >= 4 is 17.7 Å². The maximum atomic E-state index is 5.33. The van der Waals surface area contributed by atoms with E-state index < -0.39 is 0 Å². The first-order valence-corrected chi connectivity index (χ1v) is 7.21. The third-order valence-corrected chi connectivity index (χ3v) is 3.13. The number of nitrogens with zero attached hydrogens (tertiary/aromatic N) is 2. The van der Waals surface area contributed by atoms with E-state index in [0.29, 0.717) is 24.5 Å². The van der Waals surface area contributed by atoms with Crippen LogP contribution in [-0.4, -0.2) is 34.1 Å². The summed E-state index contributed by atoms with van der Waals surface area (Å²) in [4.78, 5) is 8.46. The lowest BCUT2D eigenvalue weighted by atomic mass is 10.3. The van der Waals surface area contributed by atoms with Crippen molar-refractivity contribution < 1.29 is 4.74 Å². The quantitative estimate of drug-likeness (QED) is 0.724. The van der Waals surface area contributed by atoms with Gasteiger partial charge in [-0.15, -0.1) is 0 Å². The number of thioether (sulfide) groups is 1. The molecule has 96 valence electrons. The minimum atomic E-state index is 0.380. The van der Waals surface area contributed by atoms with Gasteiger partial charge in [-0.25, -0.2) is 4.98 Å². The van der Waals surface area contributed by atoms with Crippen molar-refractivity contribution in [3.63, 3.8) is 0 Å². The molecule has 0 saturated carbocycles. The SMILES string of the molecule is CCOc1ccnc(NC(C)CCSCC)n1. The molecule has 0 fully saturated rings. The zero-order valence-electron chi connectivity index (χ0n) is 10.8. The van der Waals surface area contributed by atoms with Crippen molar-refractivity contribution in [1.82, 2.24) is 9.97 Å². The van der Waals surface area contributed by atoms with E-state index >= 15 is 0 Å². The van der Waals surface area contributed by atoms with Crippen molar-refractivity contribution in [3.8, 4) is 5.88 Å². The van der Waals surface area contributed by atoms with E-state index in [0.717, 1.165) is 12.2 Å². The fraction of sp³-hybridized carbons (Fsp3) is 0.667. The van der Waals surface area contributed by atoms with Gasteiger partial charge < -0.3 is 10.1 Å². The van der Waals surface area contributed by atoms with E-state index in [9.17, 15) is 0 Å². The molecule has 0 amide bonds. The minimum Gasteiger partial charge on any atom is -0.478 e. The van der Waals surface area contributed by atoms with E-state index in [4.69, 9.17) is 4.74 Å². The predicted molar refractivity (Wildman–Crippen MR) is 73.9 cm³/mol. The van der Waals surface area contributed by atoms with Gasteiger partial charge >= 0.3 is 0 Å². The summed E-state index contributed by atoms with van der Waals surface area (Å²) in [5, 5.41) is 3.28. The zero-order chi connectivity index (χ0) is 12.5. The van der Waals surface area contributed by atoms with E-state index in [2.05, 4.69) is 29.1 Å². The van der Waals surface area contributed by atoms with Gasteiger partial charge in [0.2, 0.25) is 11.8 Å². The molecule has 1 heterocycles. The third kappa shape index (κ3) is 5.77. The third-order valence-electron chi connectivity index (χ3n) is 2.20. The predicted octanol–water partition coefficient (Wildman–Crippen LogP) is 2.82. The summed E-state index contributed by atoms with van der Waals surface area (Å²) in [6.45, 7) is 6.89. The first-order chi connectivity index (χ1) is 8.26. The van der Waals surface area contributed by atoms with Crippen molar-refractivity contribution in [1.29, 1.82) is 0 Å². The number of hydrogen-bond donors (Lipinski definition) is 1.